The van der Waals surface area contributed by atoms with Crippen molar-refractivity contribution >= 4 is 23.3 Å². The third kappa shape index (κ3) is 4.69. The number of non-ortho nitro benzene ring substituents is 1. The Kier molecular flexibility index (Phi) is 6.10. The highest BCUT2D eigenvalue weighted by Gasteiger charge is 2.13. The van der Waals surface area contributed by atoms with Gasteiger partial charge >= 0.3 is 5.97 Å². The van der Waals surface area contributed by atoms with E-state index in [4.69, 9.17) is 9.47 Å². The van der Waals surface area contributed by atoms with Crippen LogP contribution in [0.4, 0.5) is 11.4 Å². The number of rotatable bonds is 7. The van der Waals surface area contributed by atoms with Gasteiger partial charge in [0.25, 0.3) is 11.6 Å². The lowest BCUT2D eigenvalue weighted by Crippen LogP contribution is -2.20. The SMILES string of the molecule is COC(=O)c1ccc(OCC(=O)Nc2ccc([N+](=O)[O-])cc2)c(OC)c1. The van der Waals surface area contributed by atoms with Gasteiger partial charge < -0.3 is 19.5 Å². The monoisotopic (exact) mass is 360 g/mol. The van der Waals surface area contributed by atoms with Crippen LogP contribution in [0.1, 0.15) is 10.4 Å². The fraction of sp³-hybridized carbons (Fsp3) is 0.176. The number of nitrogens with one attached hydrogen (secondary N) is 1. The van der Waals surface area contributed by atoms with Crippen molar-refractivity contribution in [3.63, 3.8) is 0 Å². The molecule has 0 saturated carbocycles. The number of ether oxygens (including phenoxy) is 3. The fourth-order valence-corrected chi connectivity index (χ4v) is 2.04. The van der Waals surface area contributed by atoms with Crippen LogP contribution in [0.15, 0.2) is 42.5 Å². The van der Waals surface area contributed by atoms with E-state index in [9.17, 15) is 19.7 Å². The number of hydrogen-bond donors (Lipinski definition) is 1. The van der Waals surface area contributed by atoms with Crippen LogP contribution < -0.4 is 14.8 Å². The Labute approximate surface area is 148 Å². The quantitative estimate of drug-likeness (QED) is 0.458. The Hall–Kier alpha value is -3.62. The first-order valence-electron chi connectivity index (χ1n) is 7.38. The molecule has 0 unspecified atom stereocenters. The highest BCUT2D eigenvalue weighted by molar-refractivity contribution is 5.92. The normalized spacial score (nSPS) is 9.92. The Morgan fingerprint density at radius 2 is 1.77 bits per heavy atom. The first-order valence-corrected chi connectivity index (χ1v) is 7.38. The molecule has 0 aliphatic heterocycles. The molecule has 0 saturated heterocycles. The number of nitro benzene ring substituents is 1. The zero-order valence-corrected chi connectivity index (χ0v) is 14.1. The lowest BCUT2D eigenvalue weighted by atomic mass is 10.2. The molecule has 0 atom stereocenters. The standard InChI is InChI=1S/C17H16N2O7/c1-24-15-9-11(17(21)25-2)3-8-14(15)26-10-16(20)18-12-4-6-13(7-5-12)19(22)23/h3-9H,10H2,1-2H3,(H,18,20). The van der Waals surface area contributed by atoms with Gasteiger partial charge in [-0.3, -0.25) is 14.9 Å². The van der Waals surface area contributed by atoms with E-state index >= 15 is 0 Å². The third-order valence-electron chi connectivity index (χ3n) is 3.31. The average molecular weight is 360 g/mol. The van der Waals surface area contributed by atoms with Crippen molar-refractivity contribution in [1.82, 2.24) is 0 Å². The minimum absolute atomic E-state index is 0.0744. The summed E-state index contributed by atoms with van der Waals surface area (Å²) in [5.41, 5.74) is 0.610. The van der Waals surface area contributed by atoms with Gasteiger partial charge in [-0.05, 0) is 30.3 Å². The minimum Gasteiger partial charge on any atom is -0.493 e. The first-order chi connectivity index (χ1) is 12.4. The molecule has 26 heavy (non-hydrogen) atoms. The molecule has 0 aliphatic rings. The number of hydrogen-bond acceptors (Lipinski definition) is 7. The number of anilines is 1. The smallest absolute Gasteiger partial charge is 0.337 e. The second-order valence-corrected chi connectivity index (χ2v) is 5.00. The van der Waals surface area contributed by atoms with E-state index in [1.165, 1.54) is 56.7 Å². The van der Waals surface area contributed by atoms with Crippen LogP contribution in [0, 0.1) is 10.1 Å². The molecular formula is C17H16N2O7. The average Bonchev–Trinajstić information content (AvgIpc) is 2.66. The molecule has 136 valence electrons. The molecule has 0 aliphatic carbocycles. The summed E-state index contributed by atoms with van der Waals surface area (Å²) in [6.45, 7) is -0.315. The van der Waals surface area contributed by atoms with Crippen LogP contribution in [0.2, 0.25) is 0 Å². The number of methoxy groups -OCH3 is 2. The van der Waals surface area contributed by atoms with Gasteiger partial charge in [-0.25, -0.2) is 4.79 Å². The number of esters is 1. The molecule has 9 nitrogen and oxygen atoms in total. The lowest BCUT2D eigenvalue weighted by Gasteiger charge is -2.12. The highest BCUT2D eigenvalue weighted by atomic mass is 16.6. The van der Waals surface area contributed by atoms with Gasteiger partial charge in [0.2, 0.25) is 0 Å². The van der Waals surface area contributed by atoms with Gasteiger partial charge in [-0.15, -0.1) is 0 Å². The molecule has 0 fully saturated rings. The van der Waals surface area contributed by atoms with Crippen molar-refractivity contribution in [2.75, 3.05) is 26.1 Å². The summed E-state index contributed by atoms with van der Waals surface area (Å²) >= 11 is 0. The van der Waals surface area contributed by atoms with Crippen molar-refractivity contribution in [2.45, 2.75) is 0 Å². The number of carbonyl (C=O) groups is 2. The van der Waals surface area contributed by atoms with Crippen molar-refractivity contribution in [3.05, 3.63) is 58.1 Å². The molecule has 9 heteroatoms. The fourth-order valence-electron chi connectivity index (χ4n) is 2.04. The molecule has 1 amide bonds. The number of amides is 1. The van der Waals surface area contributed by atoms with Gasteiger partial charge in [0.05, 0.1) is 24.7 Å². The van der Waals surface area contributed by atoms with Crippen LogP contribution in [0.25, 0.3) is 0 Å². The number of carbonyl (C=O) groups excluding carboxylic acids is 2. The highest BCUT2D eigenvalue weighted by Crippen LogP contribution is 2.28. The van der Waals surface area contributed by atoms with Gasteiger partial charge in [-0.1, -0.05) is 0 Å². The first kappa shape index (κ1) is 18.7. The number of nitrogens with zero attached hydrogens (tertiary/aromatic N) is 1. The summed E-state index contributed by atoms with van der Waals surface area (Å²) in [7, 11) is 2.67. The van der Waals surface area contributed by atoms with E-state index in [1.54, 1.807) is 0 Å². The van der Waals surface area contributed by atoms with E-state index in [0.29, 0.717) is 5.69 Å². The predicted molar refractivity (Wildman–Crippen MR) is 91.6 cm³/mol. The van der Waals surface area contributed by atoms with Crippen LogP contribution >= 0.6 is 0 Å². The summed E-state index contributed by atoms with van der Waals surface area (Å²) < 4.78 is 15.2. The molecule has 0 bridgehead atoms. The molecule has 2 aromatic carbocycles. The molecule has 2 rings (SSSR count). The van der Waals surface area contributed by atoms with Crippen molar-refractivity contribution < 1.29 is 28.7 Å². The predicted octanol–water partition coefficient (Wildman–Crippen LogP) is 2.41. The van der Waals surface area contributed by atoms with Crippen LogP contribution in [-0.4, -0.2) is 37.6 Å². The van der Waals surface area contributed by atoms with Crippen molar-refractivity contribution in [3.8, 4) is 11.5 Å². The van der Waals surface area contributed by atoms with Gasteiger partial charge in [0.15, 0.2) is 18.1 Å². The number of nitro groups is 1. The lowest BCUT2D eigenvalue weighted by molar-refractivity contribution is -0.384. The van der Waals surface area contributed by atoms with Gasteiger partial charge in [0, 0.05) is 17.8 Å². The van der Waals surface area contributed by atoms with E-state index < -0.39 is 16.8 Å². The van der Waals surface area contributed by atoms with Crippen LogP contribution in [0.5, 0.6) is 11.5 Å². The minimum atomic E-state index is -0.529. The summed E-state index contributed by atoms with van der Waals surface area (Å²) in [6, 6.07) is 9.82. The maximum Gasteiger partial charge on any atom is 0.337 e. The molecule has 0 radical (unpaired) electrons. The summed E-state index contributed by atoms with van der Waals surface area (Å²) in [6.07, 6.45) is 0. The molecule has 0 spiro atoms. The van der Waals surface area contributed by atoms with Gasteiger partial charge in [0.1, 0.15) is 0 Å². The topological polar surface area (TPSA) is 117 Å². The van der Waals surface area contributed by atoms with E-state index in [1.807, 2.05) is 0 Å². The Morgan fingerprint density at radius 3 is 2.35 bits per heavy atom. The van der Waals surface area contributed by atoms with E-state index in [0.717, 1.165) is 0 Å². The molecule has 2 aromatic rings. The van der Waals surface area contributed by atoms with E-state index in [2.05, 4.69) is 10.1 Å². The largest absolute Gasteiger partial charge is 0.493 e. The molecule has 0 aromatic heterocycles. The van der Waals surface area contributed by atoms with Crippen LogP contribution in [0.3, 0.4) is 0 Å². The summed E-state index contributed by atoms with van der Waals surface area (Å²) in [4.78, 5) is 33.5. The maximum atomic E-state index is 11.9. The second kappa shape index (κ2) is 8.47. The Bertz CT molecular complexity index is 818. The van der Waals surface area contributed by atoms with E-state index in [-0.39, 0.29) is 29.4 Å². The van der Waals surface area contributed by atoms with Crippen molar-refractivity contribution in [2.24, 2.45) is 0 Å². The van der Waals surface area contributed by atoms with Gasteiger partial charge in [-0.2, -0.15) is 0 Å². The molecular weight excluding hydrogens is 344 g/mol. The van der Waals surface area contributed by atoms with Crippen LogP contribution in [-0.2, 0) is 9.53 Å². The number of benzene rings is 2. The maximum absolute atomic E-state index is 11.9. The third-order valence-corrected chi connectivity index (χ3v) is 3.31. The second-order valence-electron chi connectivity index (χ2n) is 5.00. The zero-order chi connectivity index (χ0) is 19.1. The summed E-state index contributed by atoms with van der Waals surface area (Å²) in [5.74, 6) is -0.432. The Balaban J connectivity index is 1.98. The van der Waals surface area contributed by atoms with Crippen molar-refractivity contribution in [1.29, 1.82) is 0 Å². The zero-order valence-electron chi connectivity index (χ0n) is 14.1. The molecule has 1 N–H and O–H groups in total. The Morgan fingerprint density at radius 1 is 1.08 bits per heavy atom. The molecule has 0 heterocycles. The summed E-state index contributed by atoms with van der Waals surface area (Å²) in [5, 5.41) is 13.1.